The topological polar surface area (TPSA) is 147 Å². The van der Waals surface area contributed by atoms with Crippen molar-refractivity contribution in [3.63, 3.8) is 0 Å². The molecule has 200 valence electrons. The summed E-state index contributed by atoms with van der Waals surface area (Å²) in [6.45, 7) is 6.27. The van der Waals surface area contributed by atoms with Crippen molar-refractivity contribution in [1.29, 1.82) is 10.5 Å². The molecule has 2 aromatic rings. The second kappa shape index (κ2) is 9.26. The Kier molecular flexibility index (Phi) is 6.14. The second-order valence-electron chi connectivity index (χ2n) is 11.7. The van der Waals surface area contributed by atoms with Crippen LogP contribution in [0, 0.1) is 28.1 Å². The monoisotopic (exact) mass is 534 g/mol. The van der Waals surface area contributed by atoms with Gasteiger partial charge in [-0.05, 0) is 57.6 Å². The first-order valence-electron chi connectivity index (χ1n) is 13.4. The predicted octanol–water partition coefficient (Wildman–Crippen LogP) is 2.32. The van der Waals surface area contributed by atoms with Crippen molar-refractivity contribution in [2.75, 3.05) is 61.4 Å². The molecule has 3 saturated heterocycles. The summed E-state index contributed by atoms with van der Waals surface area (Å²) in [6.07, 6.45) is 5.44. The lowest BCUT2D eigenvalue weighted by molar-refractivity contribution is 0.0446. The zero-order valence-corrected chi connectivity index (χ0v) is 22.6. The molecule has 1 aliphatic carbocycles. The zero-order chi connectivity index (χ0) is 26.5. The molecule has 0 saturated carbocycles. The molecule has 1 spiro atoms. The van der Waals surface area contributed by atoms with E-state index < -0.39 is 11.0 Å². The molecule has 38 heavy (non-hydrogen) atoms. The number of nitriles is 2. The summed E-state index contributed by atoms with van der Waals surface area (Å²) < 4.78 is 6.10. The summed E-state index contributed by atoms with van der Waals surface area (Å²) >= 11 is 1.56. The molecule has 6 rings (SSSR count). The van der Waals surface area contributed by atoms with Crippen LogP contribution in [0.4, 0.5) is 16.6 Å². The minimum Gasteiger partial charge on any atom is -0.462 e. The first-order chi connectivity index (χ1) is 18.3. The van der Waals surface area contributed by atoms with Crippen LogP contribution in [0.1, 0.15) is 55.0 Å². The predicted molar refractivity (Wildman–Crippen MR) is 145 cm³/mol. The lowest BCUT2D eigenvalue weighted by atomic mass is 9.66. The number of aromatic nitrogens is 2. The molecule has 3 fully saturated rings. The van der Waals surface area contributed by atoms with Crippen molar-refractivity contribution >= 4 is 28.0 Å². The zero-order valence-electron chi connectivity index (χ0n) is 21.8. The number of nitrogen functional groups attached to an aromatic ring is 1. The van der Waals surface area contributed by atoms with Crippen molar-refractivity contribution in [3.8, 4) is 18.1 Å². The Morgan fingerprint density at radius 1 is 1.16 bits per heavy atom. The van der Waals surface area contributed by atoms with Crippen molar-refractivity contribution in [2.24, 2.45) is 5.41 Å². The number of aryl methyl sites for hydroxylation is 1. The van der Waals surface area contributed by atoms with Gasteiger partial charge in [-0.2, -0.15) is 20.5 Å². The largest absolute Gasteiger partial charge is 0.462 e. The number of thiophene rings is 1. The second-order valence-corrected chi connectivity index (χ2v) is 12.9. The molecule has 0 radical (unpaired) electrons. The van der Waals surface area contributed by atoms with Crippen molar-refractivity contribution in [3.05, 3.63) is 22.1 Å². The summed E-state index contributed by atoms with van der Waals surface area (Å²) in [4.78, 5) is 15.1. The minimum absolute atomic E-state index is 0.0892. The van der Waals surface area contributed by atoms with E-state index in [1.54, 1.807) is 11.3 Å². The van der Waals surface area contributed by atoms with Gasteiger partial charge in [0.2, 0.25) is 0 Å². The highest BCUT2D eigenvalue weighted by Crippen LogP contribution is 2.51. The lowest BCUT2D eigenvalue weighted by Gasteiger charge is -2.53. The fourth-order valence-electron chi connectivity index (χ4n) is 6.62. The molecule has 2 aromatic heterocycles. The first kappa shape index (κ1) is 25.2. The number of nitrogens with zero attached hydrogens (tertiary/aromatic N) is 6. The van der Waals surface area contributed by atoms with E-state index in [1.807, 2.05) is 13.0 Å². The number of aliphatic hydroxyl groups is 1. The lowest BCUT2D eigenvalue weighted by Crippen LogP contribution is -2.61. The van der Waals surface area contributed by atoms with E-state index in [0.29, 0.717) is 23.7 Å². The number of hydrogen-bond acceptors (Lipinski definition) is 11. The molecule has 1 unspecified atom stereocenters. The number of fused-ring (bicyclic) bond motifs is 2. The fourth-order valence-corrected chi connectivity index (χ4v) is 7.81. The van der Waals surface area contributed by atoms with Crippen LogP contribution < -0.4 is 25.6 Å². The Morgan fingerprint density at radius 2 is 1.95 bits per heavy atom. The summed E-state index contributed by atoms with van der Waals surface area (Å²) in [5.74, 6) is 1.49. The Labute approximate surface area is 227 Å². The SMILES string of the molecule is C[C@@]1(O)CCCN(c2cc(N3CC4(CCCc5sc(N)c(C#N)c54)C3)nc(OCC3(C#N)CCNC3)n2)C1. The van der Waals surface area contributed by atoms with Crippen LogP contribution in [0.25, 0.3) is 0 Å². The van der Waals surface area contributed by atoms with Crippen LogP contribution in [-0.2, 0) is 11.8 Å². The van der Waals surface area contributed by atoms with Gasteiger partial charge in [-0.1, -0.05) is 0 Å². The van der Waals surface area contributed by atoms with E-state index in [2.05, 4.69) is 27.3 Å². The number of piperidine rings is 1. The van der Waals surface area contributed by atoms with Crippen LogP contribution >= 0.6 is 11.3 Å². The summed E-state index contributed by atoms with van der Waals surface area (Å²) in [5.41, 5.74) is 6.57. The number of β-amino-alcohol motifs (C(OH)–C–C–N with tert-alkyl or cyclic N) is 1. The van der Waals surface area contributed by atoms with Crippen molar-refractivity contribution in [1.82, 2.24) is 15.3 Å². The van der Waals surface area contributed by atoms with Gasteiger partial charge in [0.05, 0.1) is 17.2 Å². The molecule has 0 amide bonds. The normalized spacial score (nSPS) is 27.9. The van der Waals surface area contributed by atoms with Crippen LogP contribution in [0.2, 0.25) is 0 Å². The van der Waals surface area contributed by atoms with Crippen LogP contribution in [0.15, 0.2) is 6.07 Å². The van der Waals surface area contributed by atoms with E-state index in [1.165, 1.54) is 4.88 Å². The van der Waals surface area contributed by atoms with Gasteiger partial charge in [0.25, 0.3) is 0 Å². The number of nitrogens with two attached hydrogens (primary N) is 1. The standard InChI is InChI=1S/C27H34N8O2S/c1-25(36)5-3-9-34(14-25)20-10-21(33-24(32-20)37-17-26(12-29)7-8-31-13-26)35-15-27(16-35)6-2-4-19-22(27)18(11-28)23(30)38-19/h10,31,36H,2-9,13-17,30H2,1H3/t25-,26?/m1/s1. The van der Waals surface area contributed by atoms with E-state index in [9.17, 15) is 15.6 Å². The third kappa shape index (κ3) is 4.33. The van der Waals surface area contributed by atoms with Gasteiger partial charge in [0.1, 0.15) is 34.7 Å². The number of rotatable bonds is 5. The Hall–Kier alpha value is -3.12. The Bertz CT molecular complexity index is 1310. The van der Waals surface area contributed by atoms with Gasteiger partial charge in [-0.25, -0.2) is 0 Å². The smallest absolute Gasteiger partial charge is 0.320 e. The van der Waals surface area contributed by atoms with Gasteiger partial charge in [0.15, 0.2) is 0 Å². The van der Waals surface area contributed by atoms with E-state index >= 15 is 0 Å². The maximum absolute atomic E-state index is 10.7. The Balaban J connectivity index is 1.29. The maximum Gasteiger partial charge on any atom is 0.320 e. The Morgan fingerprint density at radius 3 is 2.63 bits per heavy atom. The maximum atomic E-state index is 10.7. The highest BCUT2D eigenvalue weighted by atomic mass is 32.1. The van der Waals surface area contributed by atoms with Crippen molar-refractivity contribution < 1.29 is 9.84 Å². The molecule has 10 nitrogen and oxygen atoms in total. The molecular formula is C27H34N8O2S. The molecule has 5 heterocycles. The third-order valence-corrected chi connectivity index (χ3v) is 9.74. The third-order valence-electron chi connectivity index (χ3n) is 8.66. The van der Waals surface area contributed by atoms with E-state index in [4.69, 9.17) is 20.4 Å². The highest BCUT2D eigenvalue weighted by molar-refractivity contribution is 7.16. The molecular weight excluding hydrogens is 500 g/mol. The number of hydrogen-bond donors (Lipinski definition) is 3. The highest BCUT2D eigenvalue weighted by Gasteiger charge is 2.50. The number of ether oxygens (including phenoxy) is 1. The van der Waals surface area contributed by atoms with Crippen LogP contribution in [0.5, 0.6) is 6.01 Å². The molecule has 4 N–H and O–H groups in total. The average molecular weight is 535 g/mol. The average Bonchev–Trinajstić information content (AvgIpc) is 3.49. The number of nitrogens with one attached hydrogen (secondary N) is 1. The first-order valence-corrected chi connectivity index (χ1v) is 14.3. The van der Waals surface area contributed by atoms with Crippen molar-refractivity contribution in [2.45, 2.75) is 56.5 Å². The van der Waals surface area contributed by atoms with E-state index in [0.717, 1.165) is 81.9 Å². The van der Waals surface area contributed by atoms with Crippen LogP contribution in [0.3, 0.4) is 0 Å². The summed E-state index contributed by atoms with van der Waals surface area (Å²) in [5, 5.41) is 34.2. The van der Waals surface area contributed by atoms with Crippen LogP contribution in [-0.4, -0.2) is 66.6 Å². The summed E-state index contributed by atoms with van der Waals surface area (Å²) in [7, 11) is 0. The van der Waals surface area contributed by atoms with E-state index in [-0.39, 0.29) is 18.0 Å². The quantitative estimate of drug-likeness (QED) is 0.522. The molecule has 0 aromatic carbocycles. The molecule has 11 heteroatoms. The van der Waals surface area contributed by atoms with Gasteiger partial charge in [-0.3, -0.25) is 0 Å². The molecule has 3 aliphatic heterocycles. The minimum atomic E-state index is -0.781. The summed E-state index contributed by atoms with van der Waals surface area (Å²) in [6, 6.07) is 7.02. The van der Waals surface area contributed by atoms with Gasteiger partial charge >= 0.3 is 6.01 Å². The van der Waals surface area contributed by atoms with Gasteiger partial charge in [0, 0.05) is 49.1 Å². The molecule has 2 atom stereocenters. The van der Waals surface area contributed by atoms with Gasteiger partial charge in [-0.15, -0.1) is 11.3 Å². The molecule has 4 aliphatic rings. The molecule has 0 bridgehead atoms. The number of anilines is 3. The fraction of sp³-hybridized carbons (Fsp3) is 0.630. The van der Waals surface area contributed by atoms with Gasteiger partial charge < -0.3 is 30.7 Å².